The Morgan fingerprint density at radius 2 is 2.09 bits per heavy atom. The summed E-state index contributed by atoms with van der Waals surface area (Å²) in [6.45, 7) is 0.183. The third kappa shape index (κ3) is 3.54. The Morgan fingerprint density at radius 1 is 1.35 bits per heavy atom. The fourth-order valence-electron chi connectivity index (χ4n) is 2.26. The molecule has 23 heavy (non-hydrogen) atoms. The maximum Gasteiger partial charge on any atom is 0.311 e. The van der Waals surface area contributed by atoms with Gasteiger partial charge in [-0.1, -0.05) is 29.8 Å². The average Bonchev–Trinajstić information content (AvgIpc) is 3.19. The summed E-state index contributed by atoms with van der Waals surface area (Å²) in [7, 11) is 0. The molecule has 0 unspecified atom stereocenters. The number of carbonyl (C=O) groups is 2. The second-order valence-electron chi connectivity index (χ2n) is 5.66. The van der Waals surface area contributed by atoms with Crippen molar-refractivity contribution in [2.24, 2.45) is 5.41 Å². The summed E-state index contributed by atoms with van der Waals surface area (Å²) >= 11 is 7.57. The van der Waals surface area contributed by atoms with Crippen molar-refractivity contribution in [1.82, 2.24) is 10.3 Å². The highest BCUT2D eigenvalue weighted by atomic mass is 35.5. The number of rotatable bonds is 6. The van der Waals surface area contributed by atoms with Crippen LogP contribution in [0.3, 0.4) is 0 Å². The molecule has 2 N–H and O–H groups in total. The molecule has 5 nitrogen and oxygen atoms in total. The third-order valence-corrected chi connectivity index (χ3v) is 5.18. The van der Waals surface area contributed by atoms with Gasteiger partial charge >= 0.3 is 5.97 Å². The van der Waals surface area contributed by atoms with Crippen LogP contribution in [0.2, 0.25) is 5.02 Å². The molecular formula is C16H15ClN2O3S. The Balaban J connectivity index is 1.60. The molecule has 1 aromatic heterocycles. The van der Waals surface area contributed by atoms with E-state index >= 15 is 0 Å². The van der Waals surface area contributed by atoms with Gasteiger partial charge in [-0.3, -0.25) is 9.59 Å². The minimum Gasteiger partial charge on any atom is -0.481 e. The van der Waals surface area contributed by atoms with Gasteiger partial charge in [-0.05, 0) is 18.9 Å². The fraction of sp³-hybridized carbons (Fsp3) is 0.312. The first-order valence-corrected chi connectivity index (χ1v) is 8.45. The van der Waals surface area contributed by atoms with Gasteiger partial charge < -0.3 is 10.4 Å². The Morgan fingerprint density at radius 3 is 2.74 bits per heavy atom. The predicted molar refractivity (Wildman–Crippen MR) is 88.6 cm³/mol. The molecule has 0 bridgehead atoms. The molecule has 3 rings (SSSR count). The van der Waals surface area contributed by atoms with Gasteiger partial charge in [-0.15, -0.1) is 11.3 Å². The number of nitrogens with one attached hydrogen (secondary N) is 1. The number of aliphatic carboxylic acids is 1. The SMILES string of the molecule is O=C(Cc1csc(-c2ccccc2Cl)n1)NCC1(C(=O)O)CC1. The molecule has 0 atom stereocenters. The lowest BCUT2D eigenvalue weighted by molar-refractivity contribution is -0.143. The zero-order valence-corrected chi connectivity index (χ0v) is 13.8. The van der Waals surface area contributed by atoms with Crippen LogP contribution in [0.4, 0.5) is 0 Å². The van der Waals surface area contributed by atoms with Crippen molar-refractivity contribution < 1.29 is 14.7 Å². The highest BCUT2D eigenvalue weighted by molar-refractivity contribution is 7.13. The normalized spacial score (nSPS) is 15.2. The number of carboxylic acids is 1. The molecule has 1 fully saturated rings. The van der Waals surface area contributed by atoms with Crippen LogP contribution in [0.1, 0.15) is 18.5 Å². The van der Waals surface area contributed by atoms with E-state index in [1.165, 1.54) is 11.3 Å². The number of carbonyl (C=O) groups excluding carboxylic acids is 1. The van der Waals surface area contributed by atoms with Crippen molar-refractivity contribution in [3.8, 4) is 10.6 Å². The minimum atomic E-state index is -0.840. The molecule has 1 amide bonds. The maximum atomic E-state index is 12.0. The van der Waals surface area contributed by atoms with Gasteiger partial charge in [0.1, 0.15) is 5.01 Å². The predicted octanol–water partition coefficient (Wildman–Crippen LogP) is 2.99. The Bertz CT molecular complexity index is 755. The molecule has 0 aliphatic heterocycles. The topological polar surface area (TPSA) is 79.3 Å². The second kappa shape index (κ2) is 6.29. The van der Waals surface area contributed by atoms with Crippen molar-refractivity contribution in [2.75, 3.05) is 6.54 Å². The quantitative estimate of drug-likeness (QED) is 0.839. The van der Waals surface area contributed by atoms with Crippen LogP contribution < -0.4 is 5.32 Å². The lowest BCUT2D eigenvalue weighted by Gasteiger charge is -2.10. The van der Waals surface area contributed by atoms with Crippen LogP contribution in [0.15, 0.2) is 29.6 Å². The molecule has 1 aromatic carbocycles. The molecule has 0 radical (unpaired) electrons. The number of carboxylic acid groups (broad SMARTS) is 1. The zero-order valence-electron chi connectivity index (χ0n) is 12.2. The molecule has 2 aromatic rings. The van der Waals surface area contributed by atoms with Gasteiger partial charge in [0.15, 0.2) is 0 Å². The summed E-state index contributed by atoms with van der Waals surface area (Å²) in [6.07, 6.45) is 1.38. The van der Waals surface area contributed by atoms with Crippen molar-refractivity contribution >= 4 is 34.8 Å². The van der Waals surface area contributed by atoms with Gasteiger partial charge in [0.2, 0.25) is 5.91 Å². The lowest BCUT2D eigenvalue weighted by atomic mass is 10.1. The van der Waals surface area contributed by atoms with Gasteiger partial charge in [0, 0.05) is 17.5 Å². The van der Waals surface area contributed by atoms with E-state index in [1.807, 2.05) is 23.6 Å². The van der Waals surface area contributed by atoms with Gasteiger partial charge in [-0.25, -0.2) is 4.98 Å². The second-order valence-corrected chi connectivity index (χ2v) is 6.93. The molecular weight excluding hydrogens is 336 g/mol. The van der Waals surface area contributed by atoms with E-state index in [-0.39, 0.29) is 18.9 Å². The number of aromatic nitrogens is 1. The van der Waals surface area contributed by atoms with E-state index in [9.17, 15) is 9.59 Å². The summed E-state index contributed by atoms with van der Waals surface area (Å²) in [5, 5.41) is 15.0. The first kappa shape index (κ1) is 16.0. The molecule has 120 valence electrons. The van der Waals surface area contributed by atoms with E-state index in [0.717, 1.165) is 10.6 Å². The molecule has 0 spiro atoms. The summed E-state index contributed by atoms with van der Waals surface area (Å²) in [5.74, 6) is -1.05. The van der Waals surface area contributed by atoms with Crippen LogP contribution in [0.25, 0.3) is 10.6 Å². The Labute approximate surface area is 142 Å². The summed E-state index contributed by atoms with van der Waals surface area (Å²) in [5.41, 5.74) is 0.747. The van der Waals surface area contributed by atoms with E-state index in [0.29, 0.717) is 23.6 Å². The van der Waals surface area contributed by atoms with E-state index in [4.69, 9.17) is 16.7 Å². The number of benzene rings is 1. The van der Waals surface area contributed by atoms with E-state index in [1.54, 1.807) is 6.07 Å². The average molecular weight is 351 g/mol. The van der Waals surface area contributed by atoms with Gasteiger partial charge in [0.25, 0.3) is 0 Å². The smallest absolute Gasteiger partial charge is 0.311 e. The Hall–Kier alpha value is -1.92. The standard InChI is InChI=1S/C16H15ClN2O3S/c17-12-4-2-1-3-11(12)14-19-10(8-23-14)7-13(20)18-9-16(5-6-16)15(21)22/h1-4,8H,5-7,9H2,(H,18,20)(H,21,22). The van der Waals surface area contributed by atoms with E-state index in [2.05, 4.69) is 10.3 Å². The van der Waals surface area contributed by atoms with Crippen molar-refractivity contribution in [3.05, 3.63) is 40.4 Å². The van der Waals surface area contributed by atoms with Crippen LogP contribution in [-0.2, 0) is 16.0 Å². The highest BCUT2D eigenvalue weighted by Crippen LogP contribution is 2.45. The lowest BCUT2D eigenvalue weighted by Crippen LogP contribution is -2.35. The maximum absolute atomic E-state index is 12.0. The van der Waals surface area contributed by atoms with Crippen molar-refractivity contribution in [1.29, 1.82) is 0 Å². The van der Waals surface area contributed by atoms with Crippen molar-refractivity contribution in [2.45, 2.75) is 19.3 Å². The molecule has 7 heteroatoms. The first-order chi connectivity index (χ1) is 11.0. The number of hydrogen-bond donors (Lipinski definition) is 2. The monoisotopic (exact) mass is 350 g/mol. The first-order valence-electron chi connectivity index (χ1n) is 7.20. The van der Waals surface area contributed by atoms with Gasteiger partial charge in [0.05, 0.1) is 22.6 Å². The number of hydrogen-bond acceptors (Lipinski definition) is 4. The number of halogens is 1. The third-order valence-electron chi connectivity index (χ3n) is 3.93. The van der Waals surface area contributed by atoms with Crippen molar-refractivity contribution in [3.63, 3.8) is 0 Å². The van der Waals surface area contributed by atoms with Crippen LogP contribution in [0, 0.1) is 5.41 Å². The summed E-state index contributed by atoms with van der Waals surface area (Å²) < 4.78 is 0. The largest absolute Gasteiger partial charge is 0.481 e. The molecule has 1 heterocycles. The van der Waals surface area contributed by atoms with Crippen LogP contribution >= 0.6 is 22.9 Å². The molecule has 1 aliphatic carbocycles. The highest BCUT2D eigenvalue weighted by Gasteiger charge is 2.50. The van der Waals surface area contributed by atoms with E-state index < -0.39 is 11.4 Å². The fourth-order valence-corrected chi connectivity index (χ4v) is 3.40. The molecule has 1 saturated carbocycles. The molecule has 1 aliphatic rings. The number of amides is 1. The van der Waals surface area contributed by atoms with Crippen LogP contribution in [0.5, 0.6) is 0 Å². The molecule has 0 saturated heterocycles. The number of nitrogens with zero attached hydrogens (tertiary/aromatic N) is 1. The zero-order chi connectivity index (χ0) is 16.4. The Kier molecular flexibility index (Phi) is 4.37. The number of thiazole rings is 1. The minimum absolute atomic E-state index is 0.136. The summed E-state index contributed by atoms with van der Waals surface area (Å²) in [4.78, 5) is 27.5. The van der Waals surface area contributed by atoms with Gasteiger partial charge in [-0.2, -0.15) is 0 Å². The van der Waals surface area contributed by atoms with Crippen LogP contribution in [-0.4, -0.2) is 28.5 Å². The summed E-state index contributed by atoms with van der Waals surface area (Å²) in [6, 6.07) is 7.42.